The fourth-order valence-electron chi connectivity index (χ4n) is 1.77. The van der Waals surface area contributed by atoms with Crippen LogP contribution in [0.5, 0.6) is 5.75 Å². The van der Waals surface area contributed by atoms with Crippen molar-refractivity contribution in [1.82, 2.24) is 5.43 Å². The molecule has 4 nitrogen and oxygen atoms in total. The van der Waals surface area contributed by atoms with Crippen LogP contribution >= 0.6 is 0 Å². The molecule has 0 radical (unpaired) electrons. The van der Waals surface area contributed by atoms with Gasteiger partial charge in [-0.3, -0.25) is 11.3 Å². The number of rotatable bonds is 9. The minimum atomic E-state index is -0.102. The Labute approximate surface area is 116 Å². The third-order valence-corrected chi connectivity index (χ3v) is 3.36. The van der Waals surface area contributed by atoms with Gasteiger partial charge in [0, 0.05) is 13.2 Å². The summed E-state index contributed by atoms with van der Waals surface area (Å²) in [4.78, 5) is 0. The Hall–Kier alpha value is -1.10. The van der Waals surface area contributed by atoms with Crippen molar-refractivity contribution in [2.75, 3.05) is 13.7 Å². The summed E-state index contributed by atoms with van der Waals surface area (Å²) < 4.78 is 11.1. The molecule has 0 fully saturated rings. The summed E-state index contributed by atoms with van der Waals surface area (Å²) in [6, 6.07) is 10.1. The first-order chi connectivity index (χ1) is 9.07. The molecule has 19 heavy (non-hydrogen) atoms. The van der Waals surface area contributed by atoms with Crippen LogP contribution in [0.2, 0.25) is 0 Å². The van der Waals surface area contributed by atoms with Crippen molar-refractivity contribution in [3.63, 3.8) is 0 Å². The minimum Gasteiger partial charge on any atom is -0.494 e. The molecular weight excluding hydrogens is 240 g/mol. The average molecular weight is 266 g/mol. The second kappa shape index (κ2) is 8.15. The third-order valence-electron chi connectivity index (χ3n) is 3.36. The fraction of sp³-hybridized carbons (Fsp3) is 0.600. The number of hydrogen-bond donors (Lipinski definition) is 2. The zero-order valence-corrected chi connectivity index (χ0v) is 12.2. The summed E-state index contributed by atoms with van der Waals surface area (Å²) >= 11 is 0. The second-order valence-corrected chi connectivity index (χ2v) is 5.32. The molecule has 108 valence electrons. The van der Waals surface area contributed by atoms with Gasteiger partial charge < -0.3 is 9.47 Å². The lowest BCUT2D eigenvalue weighted by Crippen LogP contribution is -2.38. The van der Waals surface area contributed by atoms with E-state index in [4.69, 9.17) is 15.3 Å². The van der Waals surface area contributed by atoms with Crippen LogP contribution < -0.4 is 16.0 Å². The fourth-order valence-corrected chi connectivity index (χ4v) is 1.77. The molecule has 0 amide bonds. The quantitative estimate of drug-likeness (QED) is 0.532. The van der Waals surface area contributed by atoms with Crippen LogP contribution in [0.3, 0.4) is 0 Å². The Kier molecular flexibility index (Phi) is 6.84. The molecule has 1 unspecified atom stereocenters. The molecule has 0 aromatic heterocycles. The van der Waals surface area contributed by atoms with Crippen LogP contribution in [0.4, 0.5) is 0 Å². The van der Waals surface area contributed by atoms with E-state index in [0.29, 0.717) is 6.61 Å². The average Bonchev–Trinajstić information content (AvgIpc) is 2.43. The molecule has 1 atom stereocenters. The van der Waals surface area contributed by atoms with Gasteiger partial charge in [0.25, 0.3) is 0 Å². The van der Waals surface area contributed by atoms with Crippen LogP contribution in [-0.2, 0) is 4.74 Å². The van der Waals surface area contributed by atoms with E-state index in [1.807, 2.05) is 30.3 Å². The summed E-state index contributed by atoms with van der Waals surface area (Å²) in [7, 11) is 1.74. The number of methoxy groups -OCH3 is 1. The summed E-state index contributed by atoms with van der Waals surface area (Å²) in [5.74, 6) is 6.48. The van der Waals surface area contributed by atoms with E-state index >= 15 is 0 Å². The number of hydrogen-bond acceptors (Lipinski definition) is 4. The molecule has 0 aliphatic rings. The molecule has 0 spiro atoms. The molecule has 3 N–H and O–H groups in total. The van der Waals surface area contributed by atoms with Crippen LogP contribution in [0.25, 0.3) is 0 Å². The predicted octanol–water partition coefficient (Wildman–Crippen LogP) is 2.49. The van der Waals surface area contributed by atoms with Crippen molar-refractivity contribution in [3.05, 3.63) is 30.3 Å². The van der Waals surface area contributed by atoms with E-state index in [-0.39, 0.29) is 11.6 Å². The van der Waals surface area contributed by atoms with Gasteiger partial charge in [-0.25, -0.2) is 0 Å². The van der Waals surface area contributed by atoms with Crippen LogP contribution in [0.1, 0.15) is 33.1 Å². The minimum absolute atomic E-state index is 0.102. The zero-order chi connectivity index (χ0) is 14.1. The maximum Gasteiger partial charge on any atom is 0.119 e. The zero-order valence-electron chi connectivity index (χ0n) is 12.2. The first-order valence-corrected chi connectivity index (χ1v) is 6.76. The largest absolute Gasteiger partial charge is 0.494 e. The summed E-state index contributed by atoms with van der Waals surface area (Å²) in [6.45, 7) is 4.83. The molecule has 1 aromatic carbocycles. The molecule has 4 heteroatoms. The highest BCUT2D eigenvalue weighted by atomic mass is 16.5. The molecule has 1 rings (SSSR count). The lowest BCUT2D eigenvalue weighted by Gasteiger charge is -2.25. The van der Waals surface area contributed by atoms with Crippen molar-refractivity contribution in [2.45, 2.75) is 44.8 Å². The van der Waals surface area contributed by atoms with Gasteiger partial charge in [-0.1, -0.05) is 18.2 Å². The van der Waals surface area contributed by atoms with Gasteiger partial charge in [-0.15, -0.1) is 0 Å². The van der Waals surface area contributed by atoms with Crippen molar-refractivity contribution >= 4 is 0 Å². The lowest BCUT2D eigenvalue weighted by molar-refractivity contribution is 0.0112. The topological polar surface area (TPSA) is 56.5 Å². The lowest BCUT2D eigenvalue weighted by atomic mass is 9.98. The van der Waals surface area contributed by atoms with E-state index in [9.17, 15) is 0 Å². The van der Waals surface area contributed by atoms with Gasteiger partial charge in [0.1, 0.15) is 5.75 Å². The highest BCUT2D eigenvalue weighted by Gasteiger charge is 2.18. The van der Waals surface area contributed by atoms with Crippen molar-refractivity contribution in [1.29, 1.82) is 0 Å². The van der Waals surface area contributed by atoms with Gasteiger partial charge in [-0.2, -0.15) is 0 Å². The molecule has 0 aliphatic heterocycles. The molecule has 1 aromatic rings. The smallest absolute Gasteiger partial charge is 0.119 e. The highest BCUT2D eigenvalue weighted by molar-refractivity contribution is 5.20. The van der Waals surface area contributed by atoms with Crippen LogP contribution in [0, 0.1) is 0 Å². The van der Waals surface area contributed by atoms with Crippen LogP contribution in [-0.4, -0.2) is 25.4 Å². The monoisotopic (exact) mass is 266 g/mol. The number of nitrogens with two attached hydrogens (primary N) is 1. The Morgan fingerprint density at radius 1 is 1.21 bits per heavy atom. The molecule has 0 heterocycles. The maximum absolute atomic E-state index is 5.67. The molecular formula is C15H26N2O2. The Balaban J connectivity index is 2.25. The van der Waals surface area contributed by atoms with Gasteiger partial charge in [0.2, 0.25) is 0 Å². The Bertz CT molecular complexity index is 341. The van der Waals surface area contributed by atoms with E-state index in [0.717, 1.165) is 25.0 Å². The van der Waals surface area contributed by atoms with Gasteiger partial charge in [-0.05, 0) is 45.2 Å². The first-order valence-electron chi connectivity index (χ1n) is 6.76. The van der Waals surface area contributed by atoms with E-state index in [1.165, 1.54) is 0 Å². The number of nitrogens with one attached hydrogen (secondary N) is 1. The number of benzene rings is 1. The van der Waals surface area contributed by atoms with E-state index in [1.54, 1.807) is 7.11 Å². The molecule has 0 bridgehead atoms. The van der Waals surface area contributed by atoms with E-state index in [2.05, 4.69) is 19.3 Å². The molecule has 0 aliphatic carbocycles. The second-order valence-electron chi connectivity index (χ2n) is 5.32. The Morgan fingerprint density at radius 2 is 1.89 bits per heavy atom. The third kappa shape index (κ3) is 6.57. The van der Waals surface area contributed by atoms with Crippen molar-refractivity contribution < 1.29 is 9.47 Å². The number of ether oxygens (including phenoxy) is 2. The van der Waals surface area contributed by atoms with E-state index < -0.39 is 0 Å². The maximum atomic E-state index is 5.67. The predicted molar refractivity (Wildman–Crippen MR) is 78.0 cm³/mol. The van der Waals surface area contributed by atoms with Gasteiger partial charge in [0.05, 0.1) is 12.2 Å². The highest BCUT2D eigenvalue weighted by Crippen LogP contribution is 2.18. The molecule has 0 saturated carbocycles. The van der Waals surface area contributed by atoms with Crippen LogP contribution in [0.15, 0.2) is 30.3 Å². The van der Waals surface area contributed by atoms with Crippen molar-refractivity contribution in [2.24, 2.45) is 5.84 Å². The van der Waals surface area contributed by atoms with Gasteiger partial charge in [0.15, 0.2) is 0 Å². The summed E-state index contributed by atoms with van der Waals surface area (Å²) in [5, 5.41) is 0. The number of para-hydroxylation sites is 1. The SMILES string of the molecule is COC(C)(C)CCC(CCOc1ccccc1)NN. The summed E-state index contributed by atoms with van der Waals surface area (Å²) in [5.41, 5.74) is 2.75. The Morgan fingerprint density at radius 3 is 2.47 bits per heavy atom. The van der Waals surface area contributed by atoms with Crippen molar-refractivity contribution in [3.8, 4) is 5.75 Å². The number of hydrazine groups is 1. The first kappa shape index (κ1) is 16.0. The summed E-state index contributed by atoms with van der Waals surface area (Å²) in [6.07, 6.45) is 2.81. The standard InChI is InChI=1S/C15H26N2O2/c1-15(2,18-3)11-9-13(17-16)10-12-19-14-7-5-4-6-8-14/h4-8,13,17H,9-12,16H2,1-3H3. The molecule has 0 saturated heterocycles. The van der Waals surface area contributed by atoms with Gasteiger partial charge >= 0.3 is 0 Å². The normalized spacial score (nSPS) is 13.3.